The van der Waals surface area contributed by atoms with E-state index in [0.29, 0.717) is 12.2 Å². The summed E-state index contributed by atoms with van der Waals surface area (Å²) in [4.78, 5) is 22.3. The molecule has 0 heterocycles. The monoisotopic (exact) mass is 293 g/mol. The molecule has 2 amide bonds. The summed E-state index contributed by atoms with van der Waals surface area (Å²) in [5.41, 5.74) is 1.63. The summed E-state index contributed by atoms with van der Waals surface area (Å²) in [6.45, 7) is 3.34. The van der Waals surface area contributed by atoms with Gasteiger partial charge in [0.25, 0.3) is 0 Å². The van der Waals surface area contributed by atoms with Gasteiger partial charge in [0.2, 0.25) is 0 Å². The largest absolute Gasteiger partial charge is 0.481 e. The second-order valence-corrected chi connectivity index (χ2v) is 4.96. The van der Waals surface area contributed by atoms with Gasteiger partial charge in [-0.05, 0) is 43.6 Å². The fourth-order valence-electron chi connectivity index (χ4n) is 1.92. The minimum Gasteiger partial charge on any atom is -0.481 e. The molecule has 1 rings (SSSR count). The summed E-state index contributed by atoms with van der Waals surface area (Å²) in [5, 5.41) is 17.3. The van der Waals surface area contributed by atoms with Gasteiger partial charge in [0.1, 0.15) is 0 Å². The maximum absolute atomic E-state index is 11.6. The summed E-state index contributed by atoms with van der Waals surface area (Å²) >= 11 is 0. The average Bonchev–Trinajstić information content (AvgIpc) is 2.43. The Bertz CT molecular complexity index is 460. The Morgan fingerprint density at radius 2 is 1.86 bits per heavy atom. The van der Waals surface area contributed by atoms with E-state index in [2.05, 4.69) is 16.0 Å². The van der Waals surface area contributed by atoms with E-state index in [1.54, 1.807) is 12.1 Å². The predicted molar refractivity (Wildman–Crippen MR) is 82.7 cm³/mol. The maximum atomic E-state index is 11.6. The van der Waals surface area contributed by atoms with Crippen LogP contribution in [0.25, 0.3) is 0 Å². The third kappa shape index (κ3) is 6.76. The van der Waals surface area contributed by atoms with Crippen molar-refractivity contribution in [3.63, 3.8) is 0 Å². The highest BCUT2D eigenvalue weighted by atomic mass is 16.4. The highest BCUT2D eigenvalue weighted by Crippen LogP contribution is 2.20. The van der Waals surface area contributed by atoms with Crippen LogP contribution in [0.1, 0.15) is 31.2 Å². The van der Waals surface area contributed by atoms with E-state index >= 15 is 0 Å². The van der Waals surface area contributed by atoms with Crippen LogP contribution in [0.15, 0.2) is 24.3 Å². The van der Waals surface area contributed by atoms with Gasteiger partial charge < -0.3 is 21.1 Å². The fourth-order valence-corrected chi connectivity index (χ4v) is 1.92. The Morgan fingerprint density at radius 3 is 2.43 bits per heavy atom. The van der Waals surface area contributed by atoms with Crippen molar-refractivity contribution in [2.24, 2.45) is 0 Å². The minimum atomic E-state index is -0.814. The molecule has 0 radical (unpaired) electrons. The van der Waals surface area contributed by atoms with E-state index in [-0.39, 0.29) is 18.4 Å². The lowest BCUT2D eigenvalue weighted by Gasteiger charge is -2.11. The third-order valence-electron chi connectivity index (χ3n) is 3.11. The van der Waals surface area contributed by atoms with Crippen LogP contribution in [-0.4, -0.2) is 37.2 Å². The quantitative estimate of drug-likeness (QED) is 0.552. The van der Waals surface area contributed by atoms with Crippen LogP contribution < -0.4 is 16.0 Å². The molecule has 6 heteroatoms. The summed E-state index contributed by atoms with van der Waals surface area (Å²) in [7, 11) is 1.87. The first kappa shape index (κ1) is 17.0. The molecule has 0 spiro atoms. The zero-order chi connectivity index (χ0) is 15.7. The molecule has 0 saturated heterocycles. The zero-order valence-corrected chi connectivity index (χ0v) is 12.5. The number of benzene rings is 1. The lowest BCUT2D eigenvalue weighted by molar-refractivity contribution is -0.137. The van der Waals surface area contributed by atoms with Gasteiger partial charge in [-0.3, -0.25) is 4.79 Å². The smallest absolute Gasteiger partial charge is 0.319 e. The number of urea groups is 1. The van der Waals surface area contributed by atoms with Crippen molar-refractivity contribution in [2.45, 2.75) is 25.7 Å². The van der Waals surface area contributed by atoms with Crippen LogP contribution in [0.4, 0.5) is 10.5 Å². The Hall–Kier alpha value is -2.08. The van der Waals surface area contributed by atoms with Gasteiger partial charge >= 0.3 is 12.0 Å². The molecule has 6 nitrogen and oxygen atoms in total. The van der Waals surface area contributed by atoms with Crippen LogP contribution >= 0.6 is 0 Å². The van der Waals surface area contributed by atoms with Crippen molar-refractivity contribution >= 4 is 17.7 Å². The molecule has 21 heavy (non-hydrogen) atoms. The number of hydrogen-bond donors (Lipinski definition) is 4. The molecule has 0 aliphatic rings. The molecule has 1 aromatic carbocycles. The fraction of sp³-hybridized carbons (Fsp3) is 0.467. The first-order valence-corrected chi connectivity index (χ1v) is 7.04. The van der Waals surface area contributed by atoms with Crippen LogP contribution in [0.2, 0.25) is 0 Å². The summed E-state index contributed by atoms with van der Waals surface area (Å²) in [5.74, 6) is -0.863. The third-order valence-corrected chi connectivity index (χ3v) is 3.11. The van der Waals surface area contributed by atoms with Crippen molar-refractivity contribution in [3.8, 4) is 0 Å². The molecule has 0 aliphatic carbocycles. The number of carboxylic acids is 1. The second-order valence-electron chi connectivity index (χ2n) is 4.96. The number of carbonyl (C=O) groups excluding carboxylic acids is 1. The van der Waals surface area contributed by atoms with Crippen LogP contribution in [0.3, 0.4) is 0 Å². The molecule has 0 fully saturated rings. The van der Waals surface area contributed by atoms with E-state index in [0.717, 1.165) is 18.5 Å². The van der Waals surface area contributed by atoms with Gasteiger partial charge in [0, 0.05) is 12.2 Å². The summed E-state index contributed by atoms with van der Waals surface area (Å²) in [6.07, 6.45) is 0.967. The van der Waals surface area contributed by atoms with Gasteiger partial charge in [0.15, 0.2) is 0 Å². The standard InChI is InChI=1S/C15H23N3O3/c1-11(10-14(19)20)12-4-6-13(7-5-12)18-15(21)17-9-3-8-16-2/h4-7,11,16H,3,8-10H2,1-2H3,(H,19,20)(H2,17,18,21). The lowest BCUT2D eigenvalue weighted by Crippen LogP contribution is -2.30. The van der Waals surface area contributed by atoms with E-state index in [1.165, 1.54) is 0 Å². The Labute approximate surface area is 124 Å². The van der Waals surface area contributed by atoms with Crippen LogP contribution in [-0.2, 0) is 4.79 Å². The molecule has 0 aliphatic heterocycles. The predicted octanol–water partition coefficient (Wildman–Crippen LogP) is 2.00. The minimum absolute atomic E-state index is 0.0491. The van der Waals surface area contributed by atoms with Crippen molar-refractivity contribution in [2.75, 3.05) is 25.5 Å². The number of carboxylic acid groups (broad SMARTS) is 1. The number of anilines is 1. The molecule has 1 unspecified atom stereocenters. The zero-order valence-electron chi connectivity index (χ0n) is 12.5. The van der Waals surface area contributed by atoms with E-state index in [4.69, 9.17) is 5.11 Å². The number of carbonyl (C=O) groups is 2. The van der Waals surface area contributed by atoms with Crippen LogP contribution in [0.5, 0.6) is 0 Å². The Morgan fingerprint density at radius 1 is 1.19 bits per heavy atom. The molecule has 1 atom stereocenters. The maximum Gasteiger partial charge on any atom is 0.319 e. The number of aliphatic carboxylic acids is 1. The first-order chi connectivity index (χ1) is 10.0. The van der Waals surface area contributed by atoms with Crippen molar-refractivity contribution in [1.29, 1.82) is 0 Å². The van der Waals surface area contributed by atoms with Gasteiger partial charge in [0.05, 0.1) is 6.42 Å². The van der Waals surface area contributed by atoms with E-state index in [1.807, 2.05) is 26.1 Å². The van der Waals surface area contributed by atoms with Gasteiger partial charge in [-0.25, -0.2) is 4.79 Å². The van der Waals surface area contributed by atoms with Crippen LogP contribution in [0, 0.1) is 0 Å². The van der Waals surface area contributed by atoms with E-state index in [9.17, 15) is 9.59 Å². The molecule has 0 aromatic heterocycles. The summed E-state index contributed by atoms with van der Waals surface area (Å²) < 4.78 is 0. The Kier molecular flexibility index (Phi) is 7.25. The lowest BCUT2D eigenvalue weighted by atomic mass is 9.98. The van der Waals surface area contributed by atoms with Crippen molar-refractivity contribution in [1.82, 2.24) is 10.6 Å². The van der Waals surface area contributed by atoms with E-state index < -0.39 is 5.97 Å². The number of rotatable bonds is 8. The number of amides is 2. The number of nitrogens with one attached hydrogen (secondary N) is 3. The molecule has 0 bridgehead atoms. The highest BCUT2D eigenvalue weighted by molar-refractivity contribution is 5.89. The van der Waals surface area contributed by atoms with Gasteiger partial charge in [-0.1, -0.05) is 19.1 Å². The molecule has 1 aromatic rings. The average molecular weight is 293 g/mol. The highest BCUT2D eigenvalue weighted by Gasteiger charge is 2.10. The Balaban J connectivity index is 2.43. The van der Waals surface area contributed by atoms with Crippen molar-refractivity contribution < 1.29 is 14.7 Å². The second kappa shape index (κ2) is 8.97. The van der Waals surface area contributed by atoms with Gasteiger partial charge in [-0.15, -0.1) is 0 Å². The molecular formula is C15H23N3O3. The molecule has 116 valence electrons. The molecule has 4 N–H and O–H groups in total. The summed E-state index contributed by atoms with van der Waals surface area (Å²) in [6, 6.07) is 6.99. The molecule has 0 saturated carbocycles. The topological polar surface area (TPSA) is 90.5 Å². The van der Waals surface area contributed by atoms with Gasteiger partial charge in [-0.2, -0.15) is 0 Å². The normalized spacial score (nSPS) is 11.7. The first-order valence-electron chi connectivity index (χ1n) is 7.04. The SMILES string of the molecule is CNCCCNC(=O)Nc1ccc(C(C)CC(=O)O)cc1. The molecular weight excluding hydrogens is 270 g/mol. The van der Waals surface area contributed by atoms with Crippen molar-refractivity contribution in [3.05, 3.63) is 29.8 Å². The number of hydrogen-bond acceptors (Lipinski definition) is 3.